The van der Waals surface area contributed by atoms with E-state index < -0.39 is 0 Å². The van der Waals surface area contributed by atoms with Crippen molar-refractivity contribution in [2.75, 3.05) is 7.11 Å². The number of amides is 1. The molecule has 1 N–H and O–H groups in total. The van der Waals surface area contributed by atoms with Crippen LogP contribution in [0.5, 0.6) is 5.75 Å². The summed E-state index contributed by atoms with van der Waals surface area (Å²) in [5, 5.41) is 7.14. The predicted molar refractivity (Wildman–Crippen MR) is 86.5 cm³/mol. The van der Waals surface area contributed by atoms with Gasteiger partial charge >= 0.3 is 0 Å². The topological polar surface area (TPSA) is 64.4 Å². The third-order valence-electron chi connectivity index (χ3n) is 4.35. The number of ether oxygens (including phenoxy) is 1. The Morgan fingerprint density at radius 2 is 2.09 bits per heavy atom. The Morgan fingerprint density at radius 1 is 1.39 bits per heavy atom. The highest BCUT2D eigenvalue weighted by molar-refractivity contribution is 5.96. The lowest BCUT2D eigenvalue weighted by Crippen LogP contribution is -2.30. The minimum Gasteiger partial charge on any atom is -0.497 e. The number of carbonyl (C=O) groups is 1. The number of benzene rings is 1. The third kappa shape index (κ3) is 3.23. The van der Waals surface area contributed by atoms with Crippen LogP contribution in [0.15, 0.2) is 28.8 Å². The van der Waals surface area contributed by atoms with Gasteiger partial charge in [0.1, 0.15) is 17.1 Å². The van der Waals surface area contributed by atoms with Gasteiger partial charge in [0, 0.05) is 0 Å². The lowest BCUT2D eigenvalue weighted by atomic mass is 10.0. The molecule has 5 nitrogen and oxygen atoms in total. The van der Waals surface area contributed by atoms with Gasteiger partial charge in [-0.1, -0.05) is 24.2 Å². The molecule has 1 saturated carbocycles. The van der Waals surface area contributed by atoms with Crippen LogP contribution in [0.1, 0.15) is 53.2 Å². The molecule has 1 amide bonds. The Labute approximate surface area is 136 Å². The van der Waals surface area contributed by atoms with Crippen molar-refractivity contribution in [3.63, 3.8) is 0 Å². The summed E-state index contributed by atoms with van der Waals surface area (Å²) >= 11 is 0. The fourth-order valence-corrected chi connectivity index (χ4v) is 2.88. The molecule has 0 aliphatic heterocycles. The Bertz CT molecular complexity index is 687. The SMILES string of the molecule is CCc1noc(C)c1C(=O)NC(c1ccc(OC)cc1)C1CC1. The second-order valence-electron chi connectivity index (χ2n) is 5.98. The Hall–Kier alpha value is -2.30. The maximum atomic E-state index is 12.7. The summed E-state index contributed by atoms with van der Waals surface area (Å²) in [6.07, 6.45) is 2.96. The van der Waals surface area contributed by atoms with E-state index >= 15 is 0 Å². The zero-order chi connectivity index (χ0) is 16.4. The largest absolute Gasteiger partial charge is 0.497 e. The van der Waals surface area contributed by atoms with Gasteiger partial charge in [0.05, 0.1) is 18.8 Å². The van der Waals surface area contributed by atoms with Crippen molar-refractivity contribution in [2.24, 2.45) is 5.92 Å². The number of rotatable bonds is 6. The molecule has 122 valence electrons. The Balaban J connectivity index is 1.82. The van der Waals surface area contributed by atoms with E-state index in [1.54, 1.807) is 14.0 Å². The lowest BCUT2D eigenvalue weighted by molar-refractivity contribution is 0.0929. The number of hydrogen-bond acceptors (Lipinski definition) is 4. The molecule has 0 saturated heterocycles. The van der Waals surface area contributed by atoms with Gasteiger partial charge in [-0.2, -0.15) is 0 Å². The zero-order valence-electron chi connectivity index (χ0n) is 13.8. The quantitative estimate of drug-likeness (QED) is 0.887. The molecular formula is C18H22N2O3. The summed E-state index contributed by atoms with van der Waals surface area (Å²) in [5.41, 5.74) is 2.39. The van der Waals surface area contributed by atoms with Gasteiger partial charge < -0.3 is 14.6 Å². The molecule has 1 heterocycles. The van der Waals surface area contributed by atoms with Crippen LogP contribution in [0.2, 0.25) is 0 Å². The summed E-state index contributed by atoms with van der Waals surface area (Å²) in [5.74, 6) is 1.78. The number of aryl methyl sites for hydroxylation is 2. The Kier molecular flexibility index (Phi) is 4.37. The predicted octanol–water partition coefficient (Wildman–Crippen LogP) is 3.44. The van der Waals surface area contributed by atoms with Crippen molar-refractivity contribution in [3.8, 4) is 5.75 Å². The summed E-state index contributed by atoms with van der Waals surface area (Å²) in [6, 6.07) is 7.91. The molecule has 3 rings (SSSR count). The minimum absolute atomic E-state index is 0.0208. The van der Waals surface area contributed by atoms with Crippen LogP contribution in [0.4, 0.5) is 0 Å². The van der Waals surface area contributed by atoms with Gasteiger partial charge in [-0.25, -0.2) is 0 Å². The zero-order valence-corrected chi connectivity index (χ0v) is 13.8. The third-order valence-corrected chi connectivity index (χ3v) is 4.35. The van der Waals surface area contributed by atoms with Crippen molar-refractivity contribution in [2.45, 2.75) is 39.2 Å². The van der Waals surface area contributed by atoms with Crippen LogP contribution in [0, 0.1) is 12.8 Å². The molecule has 1 aliphatic rings. The van der Waals surface area contributed by atoms with Crippen LogP contribution >= 0.6 is 0 Å². The molecule has 0 bridgehead atoms. The first-order chi connectivity index (χ1) is 11.1. The van der Waals surface area contributed by atoms with E-state index in [2.05, 4.69) is 10.5 Å². The van der Waals surface area contributed by atoms with Crippen LogP contribution < -0.4 is 10.1 Å². The van der Waals surface area contributed by atoms with Crippen LogP contribution in [0.3, 0.4) is 0 Å². The van der Waals surface area contributed by atoms with Crippen LogP contribution in [0.25, 0.3) is 0 Å². The fraction of sp³-hybridized carbons (Fsp3) is 0.444. The number of aromatic nitrogens is 1. The molecule has 0 spiro atoms. The monoisotopic (exact) mass is 314 g/mol. The molecule has 1 aliphatic carbocycles. The van der Waals surface area contributed by atoms with E-state index in [1.807, 2.05) is 31.2 Å². The van der Waals surface area contributed by atoms with Gasteiger partial charge in [-0.3, -0.25) is 4.79 Å². The molecule has 1 atom stereocenters. The van der Waals surface area contributed by atoms with Gasteiger partial charge in [-0.05, 0) is 49.8 Å². The number of methoxy groups -OCH3 is 1. The smallest absolute Gasteiger partial charge is 0.257 e. The van der Waals surface area contributed by atoms with Crippen molar-refractivity contribution in [3.05, 3.63) is 46.8 Å². The molecule has 1 aromatic carbocycles. The molecule has 5 heteroatoms. The molecule has 1 fully saturated rings. The van der Waals surface area contributed by atoms with Gasteiger partial charge in [0.25, 0.3) is 5.91 Å². The lowest BCUT2D eigenvalue weighted by Gasteiger charge is -2.19. The fourth-order valence-electron chi connectivity index (χ4n) is 2.88. The minimum atomic E-state index is -0.103. The molecule has 0 radical (unpaired) electrons. The van der Waals surface area contributed by atoms with Crippen molar-refractivity contribution in [1.82, 2.24) is 10.5 Å². The maximum absolute atomic E-state index is 12.7. The maximum Gasteiger partial charge on any atom is 0.257 e. The van der Waals surface area contributed by atoms with E-state index in [9.17, 15) is 4.79 Å². The first-order valence-electron chi connectivity index (χ1n) is 8.04. The number of carbonyl (C=O) groups excluding carboxylic acids is 1. The molecule has 1 aromatic heterocycles. The van der Waals surface area contributed by atoms with E-state index in [4.69, 9.17) is 9.26 Å². The van der Waals surface area contributed by atoms with E-state index in [0.717, 1.165) is 24.2 Å². The molecule has 23 heavy (non-hydrogen) atoms. The normalized spacial score (nSPS) is 15.3. The second-order valence-corrected chi connectivity index (χ2v) is 5.98. The average Bonchev–Trinajstić information content (AvgIpc) is 3.34. The number of hydrogen-bond donors (Lipinski definition) is 1. The Morgan fingerprint density at radius 3 is 2.65 bits per heavy atom. The van der Waals surface area contributed by atoms with E-state index in [1.165, 1.54) is 0 Å². The van der Waals surface area contributed by atoms with Gasteiger partial charge in [0.15, 0.2) is 0 Å². The van der Waals surface area contributed by atoms with Gasteiger partial charge in [-0.15, -0.1) is 0 Å². The summed E-state index contributed by atoms with van der Waals surface area (Å²) in [6.45, 7) is 3.75. The van der Waals surface area contributed by atoms with E-state index in [-0.39, 0.29) is 11.9 Å². The first-order valence-corrected chi connectivity index (χ1v) is 8.04. The highest BCUT2D eigenvalue weighted by atomic mass is 16.5. The first kappa shape index (κ1) is 15.6. The highest BCUT2D eigenvalue weighted by Crippen LogP contribution is 2.41. The van der Waals surface area contributed by atoms with Crippen molar-refractivity contribution >= 4 is 5.91 Å². The summed E-state index contributed by atoms with van der Waals surface area (Å²) in [7, 11) is 1.65. The highest BCUT2D eigenvalue weighted by Gasteiger charge is 2.34. The van der Waals surface area contributed by atoms with Crippen molar-refractivity contribution in [1.29, 1.82) is 0 Å². The van der Waals surface area contributed by atoms with Crippen molar-refractivity contribution < 1.29 is 14.1 Å². The summed E-state index contributed by atoms with van der Waals surface area (Å²) in [4.78, 5) is 12.7. The number of nitrogens with zero attached hydrogens (tertiary/aromatic N) is 1. The molecule has 1 unspecified atom stereocenters. The van der Waals surface area contributed by atoms with Crippen LogP contribution in [-0.2, 0) is 6.42 Å². The summed E-state index contributed by atoms with van der Waals surface area (Å²) < 4.78 is 10.4. The second kappa shape index (κ2) is 6.44. The standard InChI is InChI=1S/C18H22N2O3/c1-4-15-16(11(2)23-20-15)18(21)19-17(12-5-6-12)13-7-9-14(22-3)10-8-13/h7-10,12,17H,4-6H2,1-3H3,(H,19,21). The molecular weight excluding hydrogens is 292 g/mol. The van der Waals surface area contributed by atoms with Crippen LogP contribution in [-0.4, -0.2) is 18.2 Å². The average molecular weight is 314 g/mol. The molecule has 2 aromatic rings. The van der Waals surface area contributed by atoms with E-state index in [0.29, 0.717) is 29.4 Å². The number of nitrogens with one attached hydrogen (secondary N) is 1. The van der Waals surface area contributed by atoms with Gasteiger partial charge in [0.2, 0.25) is 0 Å².